The van der Waals surface area contributed by atoms with E-state index in [1.807, 2.05) is 0 Å². The first-order valence-corrected chi connectivity index (χ1v) is 8.92. The summed E-state index contributed by atoms with van der Waals surface area (Å²) in [6.07, 6.45) is 6.56. The third-order valence-corrected chi connectivity index (χ3v) is 6.47. The van der Waals surface area contributed by atoms with E-state index in [0.29, 0.717) is 11.3 Å². The number of esters is 1. The summed E-state index contributed by atoms with van der Waals surface area (Å²) in [5, 5.41) is 0. The first kappa shape index (κ1) is 14.9. The van der Waals surface area contributed by atoms with Crippen molar-refractivity contribution in [1.29, 1.82) is 0 Å². The second kappa shape index (κ2) is 4.81. The second-order valence-corrected chi connectivity index (χ2v) is 7.50. The molecule has 4 aliphatic rings. The molecule has 5 nitrogen and oxygen atoms in total. The molecule has 128 valence electrons. The smallest absolute Gasteiger partial charge is 0.338 e. The molecule has 3 aliphatic carbocycles. The van der Waals surface area contributed by atoms with Crippen molar-refractivity contribution in [3.8, 4) is 0 Å². The number of nitrogens with zero attached hydrogens (tertiary/aromatic N) is 1. The van der Waals surface area contributed by atoms with E-state index in [1.54, 1.807) is 31.2 Å². The first-order valence-electron chi connectivity index (χ1n) is 8.92. The molecule has 2 amide bonds. The highest BCUT2D eigenvalue weighted by Gasteiger charge is 2.73. The molecule has 1 spiro atoms. The molecule has 1 aromatic rings. The number of rotatable bonds is 3. The van der Waals surface area contributed by atoms with Gasteiger partial charge < -0.3 is 4.74 Å². The highest BCUT2D eigenvalue weighted by atomic mass is 16.5. The maximum Gasteiger partial charge on any atom is 0.338 e. The minimum absolute atomic E-state index is 0.112. The number of amides is 2. The molecule has 2 bridgehead atoms. The molecular formula is C20H19NO4. The van der Waals surface area contributed by atoms with Crippen molar-refractivity contribution < 1.29 is 19.1 Å². The number of hydrogen-bond acceptors (Lipinski definition) is 4. The number of imide groups is 1. The molecule has 1 aliphatic heterocycles. The Labute approximate surface area is 145 Å². The van der Waals surface area contributed by atoms with Crippen LogP contribution in [0.5, 0.6) is 0 Å². The van der Waals surface area contributed by atoms with Gasteiger partial charge in [-0.05, 0) is 55.2 Å². The standard InChI is InChI=1S/C20H19NO4/c1-2-25-19(24)11-4-3-5-12(10-11)21-17(22)15-13-6-7-14(16(15)18(21)23)20(13)8-9-20/h3-7,10,13-16H,2,8-9H2,1H3/t13-,14-,15-,16-/m0/s1. The average Bonchev–Trinajstić information content (AvgIpc) is 3.20. The van der Waals surface area contributed by atoms with E-state index in [-0.39, 0.29) is 47.5 Å². The summed E-state index contributed by atoms with van der Waals surface area (Å²) in [6.45, 7) is 2.03. The van der Waals surface area contributed by atoms with Crippen molar-refractivity contribution in [3.05, 3.63) is 42.0 Å². The predicted molar refractivity (Wildman–Crippen MR) is 89.7 cm³/mol. The Morgan fingerprint density at radius 3 is 2.36 bits per heavy atom. The number of benzene rings is 1. The Hall–Kier alpha value is -2.43. The fourth-order valence-corrected chi connectivity index (χ4v) is 5.32. The summed E-state index contributed by atoms with van der Waals surface area (Å²) in [5.74, 6) is -0.706. The van der Waals surface area contributed by atoms with Gasteiger partial charge >= 0.3 is 5.97 Å². The monoisotopic (exact) mass is 337 g/mol. The molecule has 1 saturated heterocycles. The van der Waals surface area contributed by atoms with Gasteiger partial charge in [-0.3, -0.25) is 9.59 Å². The van der Waals surface area contributed by atoms with Crippen LogP contribution >= 0.6 is 0 Å². The van der Waals surface area contributed by atoms with Gasteiger partial charge in [0, 0.05) is 0 Å². The fourth-order valence-electron chi connectivity index (χ4n) is 5.32. The van der Waals surface area contributed by atoms with Gasteiger partial charge in [-0.25, -0.2) is 9.69 Å². The number of anilines is 1. The van der Waals surface area contributed by atoms with E-state index in [2.05, 4.69) is 12.2 Å². The number of carbonyl (C=O) groups excluding carboxylic acids is 3. The summed E-state index contributed by atoms with van der Waals surface area (Å²) in [6, 6.07) is 6.61. The molecule has 4 atom stereocenters. The summed E-state index contributed by atoms with van der Waals surface area (Å²) in [5.41, 5.74) is 1.02. The lowest BCUT2D eigenvalue weighted by molar-refractivity contribution is -0.123. The number of fused-ring (bicyclic) bond motifs is 3. The van der Waals surface area contributed by atoms with Crippen LogP contribution in [-0.2, 0) is 14.3 Å². The van der Waals surface area contributed by atoms with E-state index in [0.717, 1.165) is 12.8 Å². The topological polar surface area (TPSA) is 63.7 Å². The van der Waals surface area contributed by atoms with Crippen molar-refractivity contribution in [2.24, 2.45) is 29.1 Å². The first-order chi connectivity index (χ1) is 12.1. The van der Waals surface area contributed by atoms with E-state index < -0.39 is 5.97 Å². The van der Waals surface area contributed by atoms with Crippen LogP contribution in [0, 0.1) is 29.1 Å². The highest BCUT2D eigenvalue weighted by Crippen LogP contribution is 2.73. The Kier molecular flexibility index (Phi) is 2.86. The van der Waals surface area contributed by atoms with Crippen molar-refractivity contribution in [1.82, 2.24) is 0 Å². The van der Waals surface area contributed by atoms with Crippen molar-refractivity contribution >= 4 is 23.5 Å². The zero-order valence-electron chi connectivity index (χ0n) is 14.0. The Morgan fingerprint density at radius 1 is 1.16 bits per heavy atom. The molecule has 1 heterocycles. The quantitative estimate of drug-likeness (QED) is 0.483. The summed E-state index contributed by atoms with van der Waals surface area (Å²) < 4.78 is 5.02. The molecule has 25 heavy (non-hydrogen) atoms. The van der Waals surface area contributed by atoms with Crippen LogP contribution in [0.25, 0.3) is 0 Å². The summed E-state index contributed by atoms with van der Waals surface area (Å²) in [7, 11) is 0. The molecule has 0 unspecified atom stereocenters. The molecule has 0 radical (unpaired) electrons. The van der Waals surface area contributed by atoms with Gasteiger partial charge in [-0.15, -0.1) is 0 Å². The largest absolute Gasteiger partial charge is 0.462 e. The molecule has 0 aromatic heterocycles. The van der Waals surface area contributed by atoms with Gasteiger partial charge in [0.15, 0.2) is 0 Å². The number of carbonyl (C=O) groups is 3. The second-order valence-electron chi connectivity index (χ2n) is 7.50. The van der Waals surface area contributed by atoms with Gasteiger partial charge in [0.2, 0.25) is 11.8 Å². The van der Waals surface area contributed by atoms with Gasteiger partial charge in [0.05, 0.1) is 29.7 Å². The molecule has 2 saturated carbocycles. The van der Waals surface area contributed by atoms with Gasteiger partial charge in [-0.1, -0.05) is 18.2 Å². The third kappa shape index (κ3) is 1.76. The fraction of sp³-hybridized carbons (Fsp3) is 0.450. The lowest BCUT2D eigenvalue weighted by atomic mass is 9.85. The van der Waals surface area contributed by atoms with Gasteiger partial charge in [0.1, 0.15) is 0 Å². The molecular weight excluding hydrogens is 318 g/mol. The van der Waals surface area contributed by atoms with Crippen molar-refractivity contribution in [3.63, 3.8) is 0 Å². The minimum atomic E-state index is -0.442. The molecule has 1 aromatic carbocycles. The average molecular weight is 337 g/mol. The molecule has 0 N–H and O–H groups in total. The van der Waals surface area contributed by atoms with E-state index in [4.69, 9.17) is 4.74 Å². The molecule has 5 heteroatoms. The lowest BCUT2D eigenvalue weighted by Gasteiger charge is -2.22. The van der Waals surface area contributed by atoms with Crippen LogP contribution in [0.4, 0.5) is 5.69 Å². The normalized spacial score (nSPS) is 33.2. The van der Waals surface area contributed by atoms with E-state index in [9.17, 15) is 14.4 Å². The Morgan fingerprint density at radius 2 is 1.80 bits per heavy atom. The maximum absolute atomic E-state index is 13.1. The number of allylic oxidation sites excluding steroid dienone is 2. The van der Waals surface area contributed by atoms with Crippen molar-refractivity contribution in [2.45, 2.75) is 19.8 Å². The van der Waals surface area contributed by atoms with E-state index >= 15 is 0 Å². The summed E-state index contributed by atoms with van der Waals surface area (Å²) in [4.78, 5) is 39.4. The van der Waals surface area contributed by atoms with Crippen LogP contribution in [0.15, 0.2) is 36.4 Å². The van der Waals surface area contributed by atoms with Crippen LogP contribution in [-0.4, -0.2) is 24.4 Å². The van der Waals surface area contributed by atoms with Crippen LogP contribution in [0.2, 0.25) is 0 Å². The van der Waals surface area contributed by atoms with Crippen molar-refractivity contribution in [2.75, 3.05) is 11.5 Å². The molecule has 3 fully saturated rings. The zero-order valence-corrected chi connectivity index (χ0v) is 14.0. The van der Waals surface area contributed by atoms with Gasteiger partial charge in [-0.2, -0.15) is 0 Å². The minimum Gasteiger partial charge on any atom is -0.462 e. The predicted octanol–water partition coefficient (Wildman–Crippen LogP) is 2.56. The van der Waals surface area contributed by atoms with Crippen LogP contribution in [0.1, 0.15) is 30.1 Å². The van der Waals surface area contributed by atoms with E-state index in [1.165, 1.54) is 4.90 Å². The number of ether oxygens (including phenoxy) is 1. The van der Waals surface area contributed by atoms with Crippen LogP contribution < -0.4 is 4.90 Å². The van der Waals surface area contributed by atoms with Crippen LogP contribution in [0.3, 0.4) is 0 Å². The zero-order chi connectivity index (χ0) is 17.3. The number of hydrogen-bond donors (Lipinski definition) is 0. The summed E-state index contributed by atoms with van der Waals surface area (Å²) >= 11 is 0. The molecule has 5 rings (SSSR count). The SMILES string of the molecule is CCOC(=O)c1cccc(N2C(=O)[C@@H]3[C@@H](C2=O)[C@@H]2C=C[C@@H]3C23CC3)c1. The highest BCUT2D eigenvalue weighted by molar-refractivity contribution is 6.23. The lowest BCUT2D eigenvalue weighted by Crippen LogP contribution is -2.34. The Bertz CT molecular complexity index is 804. The maximum atomic E-state index is 13.1. The Balaban J connectivity index is 1.49. The van der Waals surface area contributed by atoms with Gasteiger partial charge in [0.25, 0.3) is 0 Å². The third-order valence-electron chi connectivity index (χ3n) is 6.47.